The van der Waals surface area contributed by atoms with Crippen molar-refractivity contribution in [2.24, 2.45) is 5.16 Å². The number of halogens is 1. The molecule has 0 radical (unpaired) electrons. The van der Waals surface area contributed by atoms with Crippen LogP contribution in [0.5, 0.6) is 0 Å². The topological polar surface area (TPSA) is 66.7 Å². The highest BCUT2D eigenvalue weighted by Gasteiger charge is 2.12. The van der Waals surface area contributed by atoms with Gasteiger partial charge in [0.2, 0.25) is 0 Å². The van der Waals surface area contributed by atoms with E-state index in [1.165, 1.54) is 0 Å². The second-order valence-corrected chi connectivity index (χ2v) is 6.00. The van der Waals surface area contributed by atoms with Gasteiger partial charge in [-0.15, -0.1) is 0 Å². The number of β-amino-alcohol motifs (C(OH)–C–C–N with tert-alkyl or cyclic N) is 1. The third kappa shape index (κ3) is 9.18. The zero-order valence-electron chi connectivity index (χ0n) is 12.6. The molecule has 1 aromatic heterocycles. The van der Waals surface area contributed by atoms with Crippen molar-refractivity contribution in [3.05, 3.63) is 36.2 Å². The minimum Gasteiger partial charge on any atom is -0.392 e. The number of hydrogen-bond donors (Lipinski definition) is 2. The Balaban J connectivity index is 2.31. The maximum absolute atomic E-state index is 9.71. The predicted molar refractivity (Wildman–Crippen MR) is 86.3 cm³/mol. The van der Waals surface area contributed by atoms with Gasteiger partial charge in [0.1, 0.15) is 12.7 Å². The SMILES string of the molecule is CC(C)(C)NCC(O)CON=C(Cl)C=Cc1cccnc1. The standard InChI is InChI=1S/C15H22ClN3O2/c1-15(2,3)18-10-13(20)11-21-19-14(16)7-6-12-5-4-8-17-9-12/h4-9,13,18,20H,10-11H2,1-3H3. The Morgan fingerprint density at radius 2 is 2.33 bits per heavy atom. The van der Waals surface area contributed by atoms with E-state index >= 15 is 0 Å². The molecular formula is C15H22ClN3O2. The van der Waals surface area contributed by atoms with Gasteiger partial charge in [0.25, 0.3) is 0 Å². The lowest BCUT2D eigenvalue weighted by atomic mass is 10.1. The van der Waals surface area contributed by atoms with Gasteiger partial charge in [-0.3, -0.25) is 4.98 Å². The smallest absolute Gasteiger partial charge is 0.168 e. The van der Waals surface area contributed by atoms with Crippen molar-refractivity contribution in [1.82, 2.24) is 10.3 Å². The Kier molecular flexibility index (Phi) is 7.36. The van der Waals surface area contributed by atoms with Crippen LogP contribution in [0.4, 0.5) is 0 Å². The van der Waals surface area contributed by atoms with Crippen molar-refractivity contribution in [3.8, 4) is 0 Å². The summed E-state index contributed by atoms with van der Waals surface area (Å²) < 4.78 is 0. The fraction of sp³-hybridized carbons (Fsp3) is 0.467. The Labute approximate surface area is 130 Å². The molecule has 1 aromatic rings. The molecular weight excluding hydrogens is 290 g/mol. The van der Waals surface area contributed by atoms with Crippen LogP contribution in [0.1, 0.15) is 26.3 Å². The molecule has 1 atom stereocenters. The van der Waals surface area contributed by atoms with E-state index in [2.05, 4.69) is 15.5 Å². The summed E-state index contributed by atoms with van der Waals surface area (Å²) in [5.74, 6) is 0. The fourth-order valence-corrected chi connectivity index (χ4v) is 1.45. The second kappa shape index (κ2) is 8.77. The van der Waals surface area contributed by atoms with Gasteiger partial charge >= 0.3 is 0 Å². The molecule has 116 valence electrons. The predicted octanol–water partition coefficient (Wildman–Crippen LogP) is 2.41. The molecule has 6 heteroatoms. The monoisotopic (exact) mass is 311 g/mol. The van der Waals surface area contributed by atoms with Crippen LogP contribution in [0.2, 0.25) is 0 Å². The van der Waals surface area contributed by atoms with E-state index < -0.39 is 6.10 Å². The number of hydrogen-bond acceptors (Lipinski definition) is 5. The number of aliphatic hydroxyl groups excluding tert-OH is 1. The van der Waals surface area contributed by atoms with E-state index in [1.807, 2.05) is 32.9 Å². The van der Waals surface area contributed by atoms with Crippen LogP contribution in [0.15, 0.2) is 35.8 Å². The number of pyridine rings is 1. The van der Waals surface area contributed by atoms with E-state index in [0.717, 1.165) is 5.56 Å². The van der Waals surface area contributed by atoms with E-state index in [0.29, 0.717) is 6.54 Å². The molecule has 1 unspecified atom stereocenters. The van der Waals surface area contributed by atoms with Crippen LogP contribution in [-0.2, 0) is 4.84 Å². The first-order valence-corrected chi connectivity index (χ1v) is 7.11. The van der Waals surface area contributed by atoms with Gasteiger partial charge in [-0.05, 0) is 38.5 Å². The molecule has 0 aliphatic rings. The molecule has 0 aromatic carbocycles. The third-order valence-corrected chi connectivity index (χ3v) is 2.58. The quantitative estimate of drug-likeness (QED) is 0.599. The summed E-state index contributed by atoms with van der Waals surface area (Å²) in [4.78, 5) is 8.99. The average Bonchev–Trinajstić information content (AvgIpc) is 2.43. The van der Waals surface area contributed by atoms with Crippen LogP contribution in [-0.4, -0.2) is 40.1 Å². The Hall–Kier alpha value is -1.43. The lowest BCUT2D eigenvalue weighted by Gasteiger charge is -2.22. The zero-order valence-corrected chi connectivity index (χ0v) is 13.3. The summed E-state index contributed by atoms with van der Waals surface area (Å²) in [5, 5.41) is 16.8. The lowest BCUT2D eigenvalue weighted by Crippen LogP contribution is -2.42. The normalized spacial score (nSPS) is 14.4. The Morgan fingerprint density at radius 3 is 2.95 bits per heavy atom. The van der Waals surface area contributed by atoms with Crippen molar-refractivity contribution in [3.63, 3.8) is 0 Å². The fourth-order valence-electron chi connectivity index (χ4n) is 1.34. The molecule has 0 saturated carbocycles. The number of nitrogens with zero attached hydrogens (tertiary/aromatic N) is 2. The molecule has 0 aliphatic heterocycles. The summed E-state index contributed by atoms with van der Waals surface area (Å²) in [7, 11) is 0. The van der Waals surface area contributed by atoms with E-state index in [4.69, 9.17) is 16.4 Å². The van der Waals surface area contributed by atoms with Gasteiger partial charge in [-0.2, -0.15) is 0 Å². The molecule has 0 aliphatic carbocycles. The summed E-state index contributed by atoms with van der Waals surface area (Å²) >= 11 is 5.88. The molecule has 5 nitrogen and oxygen atoms in total. The highest BCUT2D eigenvalue weighted by atomic mass is 35.5. The summed E-state index contributed by atoms with van der Waals surface area (Å²) in [6.07, 6.45) is 6.16. The van der Waals surface area contributed by atoms with Crippen LogP contribution in [0.3, 0.4) is 0 Å². The molecule has 0 fully saturated rings. The molecule has 0 saturated heterocycles. The first-order valence-electron chi connectivity index (χ1n) is 6.73. The highest BCUT2D eigenvalue weighted by molar-refractivity contribution is 6.68. The zero-order chi connectivity index (χ0) is 15.7. The summed E-state index contributed by atoms with van der Waals surface area (Å²) in [5.41, 5.74) is 0.870. The maximum Gasteiger partial charge on any atom is 0.168 e. The average molecular weight is 312 g/mol. The van der Waals surface area contributed by atoms with Crippen LogP contribution < -0.4 is 5.32 Å². The van der Waals surface area contributed by atoms with Crippen LogP contribution >= 0.6 is 11.6 Å². The van der Waals surface area contributed by atoms with Crippen molar-refractivity contribution < 1.29 is 9.94 Å². The molecule has 1 rings (SSSR count). The number of aliphatic hydroxyl groups is 1. The van der Waals surface area contributed by atoms with Gasteiger partial charge in [0, 0.05) is 24.5 Å². The number of oxime groups is 1. The number of allylic oxidation sites excluding steroid dienone is 1. The molecule has 0 spiro atoms. The molecule has 21 heavy (non-hydrogen) atoms. The summed E-state index contributed by atoms with van der Waals surface area (Å²) in [6.45, 7) is 6.60. The number of nitrogens with one attached hydrogen (secondary N) is 1. The molecule has 0 amide bonds. The first kappa shape index (κ1) is 17.6. The minimum absolute atomic E-state index is 0.0473. The van der Waals surface area contributed by atoms with E-state index in [9.17, 15) is 5.11 Å². The Morgan fingerprint density at radius 1 is 1.57 bits per heavy atom. The third-order valence-electron chi connectivity index (χ3n) is 2.38. The van der Waals surface area contributed by atoms with E-state index in [1.54, 1.807) is 24.5 Å². The molecule has 2 N–H and O–H groups in total. The van der Waals surface area contributed by atoms with Gasteiger partial charge in [-0.1, -0.05) is 28.9 Å². The maximum atomic E-state index is 9.71. The van der Waals surface area contributed by atoms with Gasteiger partial charge in [-0.25, -0.2) is 0 Å². The second-order valence-electron chi connectivity index (χ2n) is 5.61. The number of rotatable bonds is 7. The highest BCUT2D eigenvalue weighted by Crippen LogP contribution is 2.02. The van der Waals surface area contributed by atoms with E-state index in [-0.39, 0.29) is 17.3 Å². The van der Waals surface area contributed by atoms with Crippen molar-refractivity contribution in [1.29, 1.82) is 0 Å². The number of aromatic nitrogens is 1. The Bertz CT molecular complexity index is 470. The van der Waals surface area contributed by atoms with Crippen LogP contribution in [0, 0.1) is 0 Å². The molecule has 1 heterocycles. The van der Waals surface area contributed by atoms with Gasteiger partial charge in [0.05, 0.1) is 0 Å². The summed E-state index contributed by atoms with van der Waals surface area (Å²) in [6, 6.07) is 3.73. The first-order chi connectivity index (χ1) is 9.87. The van der Waals surface area contributed by atoms with Crippen LogP contribution in [0.25, 0.3) is 6.08 Å². The van der Waals surface area contributed by atoms with Crippen molar-refractivity contribution in [2.75, 3.05) is 13.2 Å². The molecule has 0 bridgehead atoms. The van der Waals surface area contributed by atoms with Gasteiger partial charge < -0.3 is 15.3 Å². The lowest BCUT2D eigenvalue weighted by molar-refractivity contribution is 0.0377. The minimum atomic E-state index is -0.639. The van der Waals surface area contributed by atoms with Crippen molar-refractivity contribution in [2.45, 2.75) is 32.4 Å². The van der Waals surface area contributed by atoms with Gasteiger partial charge in [0.15, 0.2) is 5.17 Å². The largest absolute Gasteiger partial charge is 0.392 e. The van der Waals surface area contributed by atoms with Crippen molar-refractivity contribution >= 4 is 22.8 Å².